The van der Waals surface area contributed by atoms with Crippen LogP contribution in [-0.2, 0) is 6.42 Å². The van der Waals surface area contributed by atoms with Crippen LogP contribution in [0.15, 0.2) is 54.6 Å². The van der Waals surface area contributed by atoms with Gasteiger partial charge in [-0.05, 0) is 55.0 Å². The van der Waals surface area contributed by atoms with Crippen LogP contribution in [0, 0.1) is 5.92 Å². The molecule has 0 radical (unpaired) electrons. The summed E-state index contributed by atoms with van der Waals surface area (Å²) in [6, 6.07) is 18.1. The molecule has 1 aliphatic rings. The minimum atomic E-state index is -0.141. The summed E-state index contributed by atoms with van der Waals surface area (Å²) in [4.78, 5) is 0. The minimum Gasteiger partial charge on any atom is -0.457 e. The first-order valence-electron chi connectivity index (χ1n) is 7.81. The minimum absolute atomic E-state index is 0.141. The van der Waals surface area contributed by atoms with Crippen molar-refractivity contribution in [2.45, 2.75) is 38.2 Å². The molecule has 110 valence electrons. The smallest absolute Gasteiger partial charge is 0.127 e. The highest BCUT2D eigenvalue weighted by Gasteiger charge is 2.23. The monoisotopic (exact) mass is 282 g/mol. The van der Waals surface area contributed by atoms with Gasteiger partial charge in [0.2, 0.25) is 0 Å². The van der Waals surface area contributed by atoms with Crippen LogP contribution in [0.2, 0.25) is 0 Å². The van der Waals surface area contributed by atoms with Crippen molar-refractivity contribution >= 4 is 0 Å². The molecule has 0 aromatic heterocycles. The van der Waals surface area contributed by atoms with E-state index >= 15 is 0 Å². The first-order chi connectivity index (χ1) is 10.3. The summed E-state index contributed by atoms with van der Waals surface area (Å²) in [7, 11) is 0. The van der Waals surface area contributed by atoms with Gasteiger partial charge in [0, 0.05) is 0 Å². The Hall–Kier alpha value is -1.80. The second-order valence-electron chi connectivity index (χ2n) is 5.88. The average Bonchev–Trinajstić information content (AvgIpc) is 2.51. The quantitative estimate of drug-likeness (QED) is 0.890. The van der Waals surface area contributed by atoms with Gasteiger partial charge in [-0.3, -0.25) is 0 Å². The molecule has 3 rings (SSSR count). The van der Waals surface area contributed by atoms with E-state index in [1.54, 1.807) is 0 Å². The normalized spacial score (nSPS) is 22.0. The van der Waals surface area contributed by atoms with E-state index in [1.165, 1.54) is 12.0 Å². The summed E-state index contributed by atoms with van der Waals surface area (Å²) < 4.78 is 5.87. The standard InChI is InChI=1S/C19H22O2/c20-19-12-5-4-8-16(19)13-15-7-6-11-18(14-15)21-17-9-2-1-3-10-17/h1-3,6-7,9-11,14,16,19-20H,4-5,8,12-13H2. The molecule has 2 atom stereocenters. The maximum Gasteiger partial charge on any atom is 0.127 e. The largest absolute Gasteiger partial charge is 0.457 e. The first kappa shape index (κ1) is 14.2. The van der Waals surface area contributed by atoms with Gasteiger partial charge in [0.15, 0.2) is 0 Å². The van der Waals surface area contributed by atoms with Crippen molar-refractivity contribution in [3.63, 3.8) is 0 Å². The molecule has 1 fully saturated rings. The van der Waals surface area contributed by atoms with E-state index < -0.39 is 0 Å². The van der Waals surface area contributed by atoms with Crippen LogP contribution < -0.4 is 4.74 Å². The lowest BCUT2D eigenvalue weighted by Crippen LogP contribution is -2.26. The molecule has 21 heavy (non-hydrogen) atoms. The Labute approximate surface area is 126 Å². The van der Waals surface area contributed by atoms with E-state index in [-0.39, 0.29) is 6.10 Å². The Balaban J connectivity index is 1.68. The summed E-state index contributed by atoms with van der Waals surface area (Å²) in [5.74, 6) is 2.11. The molecular weight excluding hydrogens is 260 g/mol. The van der Waals surface area contributed by atoms with Crippen LogP contribution in [0.3, 0.4) is 0 Å². The highest BCUT2D eigenvalue weighted by molar-refractivity contribution is 5.34. The van der Waals surface area contributed by atoms with Gasteiger partial charge in [-0.25, -0.2) is 0 Å². The van der Waals surface area contributed by atoms with Crippen LogP contribution in [0.4, 0.5) is 0 Å². The fourth-order valence-electron chi connectivity index (χ4n) is 3.09. The van der Waals surface area contributed by atoms with Gasteiger partial charge >= 0.3 is 0 Å². The van der Waals surface area contributed by atoms with Gasteiger partial charge in [0.05, 0.1) is 6.10 Å². The highest BCUT2D eigenvalue weighted by Crippen LogP contribution is 2.29. The Morgan fingerprint density at radius 3 is 2.48 bits per heavy atom. The summed E-state index contributed by atoms with van der Waals surface area (Å²) in [6.07, 6.45) is 5.28. The topological polar surface area (TPSA) is 29.5 Å². The molecule has 0 amide bonds. The number of benzene rings is 2. The third-order valence-electron chi connectivity index (χ3n) is 4.24. The number of aliphatic hydroxyl groups excluding tert-OH is 1. The Morgan fingerprint density at radius 2 is 1.67 bits per heavy atom. The van der Waals surface area contributed by atoms with Crippen molar-refractivity contribution < 1.29 is 9.84 Å². The number of aliphatic hydroxyl groups is 1. The maximum absolute atomic E-state index is 10.1. The number of hydrogen-bond donors (Lipinski definition) is 1. The summed E-state index contributed by atoms with van der Waals surface area (Å²) in [5, 5.41) is 10.1. The molecule has 0 bridgehead atoms. The zero-order valence-corrected chi connectivity index (χ0v) is 12.2. The fraction of sp³-hybridized carbons (Fsp3) is 0.368. The average molecular weight is 282 g/mol. The number of ether oxygens (including phenoxy) is 1. The first-order valence-corrected chi connectivity index (χ1v) is 7.81. The maximum atomic E-state index is 10.1. The molecule has 2 aromatic carbocycles. The van der Waals surface area contributed by atoms with Crippen LogP contribution in [0.25, 0.3) is 0 Å². The molecular formula is C19H22O2. The second-order valence-corrected chi connectivity index (χ2v) is 5.88. The lowest BCUT2D eigenvalue weighted by Gasteiger charge is -2.27. The lowest BCUT2D eigenvalue weighted by molar-refractivity contribution is 0.0700. The van der Waals surface area contributed by atoms with Crippen molar-refractivity contribution in [1.29, 1.82) is 0 Å². The third kappa shape index (κ3) is 3.85. The molecule has 1 aliphatic carbocycles. The highest BCUT2D eigenvalue weighted by atomic mass is 16.5. The number of para-hydroxylation sites is 1. The third-order valence-corrected chi connectivity index (χ3v) is 4.24. The Morgan fingerprint density at radius 1 is 0.905 bits per heavy atom. The van der Waals surface area contributed by atoms with Gasteiger partial charge in [-0.2, -0.15) is 0 Å². The van der Waals surface area contributed by atoms with Gasteiger partial charge in [-0.1, -0.05) is 43.2 Å². The molecule has 0 spiro atoms. The van der Waals surface area contributed by atoms with Crippen LogP contribution in [0.5, 0.6) is 11.5 Å². The zero-order valence-electron chi connectivity index (χ0n) is 12.2. The molecule has 2 nitrogen and oxygen atoms in total. The molecule has 0 heterocycles. The molecule has 1 saturated carbocycles. The van der Waals surface area contributed by atoms with Crippen LogP contribution in [0.1, 0.15) is 31.2 Å². The van der Waals surface area contributed by atoms with Crippen molar-refractivity contribution in [2.75, 3.05) is 0 Å². The predicted molar refractivity (Wildman–Crippen MR) is 84.6 cm³/mol. The zero-order chi connectivity index (χ0) is 14.5. The van der Waals surface area contributed by atoms with Crippen LogP contribution >= 0.6 is 0 Å². The van der Waals surface area contributed by atoms with E-state index in [4.69, 9.17) is 4.74 Å². The van der Waals surface area contributed by atoms with Crippen molar-refractivity contribution in [2.24, 2.45) is 5.92 Å². The van der Waals surface area contributed by atoms with Crippen molar-refractivity contribution in [3.05, 3.63) is 60.2 Å². The molecule has 1 N–H and O–H groups in total. The van der Waals surface area contributed by atoms with Crippen molar-refractivity contribution in [3.8, 4) is 11.5 Å². The van der Waals surface area contributed by atoms with E-state index in [0.717, 1.165) is 37.2 Å². The van der Waals surface area contributed by atoms with E-state index in [9.17, 15) is 5.11 Å². The van der Waals surface area contributed by atoms with Gasteiger partial charge < -0.3 is 9.84 Å². The lowest BCUT2D eigenvalue weighted by atomic mass is 9.82. The molecule has 0 saturated heterocycles. The molecule has 2 unspecified atom stereocenters. The molecule has 2 heteroatoms. The van der Waals surface area contributed by atoms with Gasteiger partial charge in [0.25, 0.3) is 0 Å². The van der Waals surface area contributed by atoms with Gasteiger partial charge in [0.1, 0.15) is 11.5 Å². The Kier molecular flexibility index (Phi) is 4.56. The van der Waals surface area contributed by atoms with E-state index in [0.29, 0.717) is 5.92 Å². The summed E-state index contributed by atoms with van der Waals surface area (Å²) in [6.45, 7) is 0. The molecule has 2 aromatic rings. The van der Waals surface area contributed by atoms with Gasteiger partial charge in [-0.15, -0.1) is 0 Å². The number of hydrogen-bond acceptors (Lipinski definition) is 2. The number of rotatable bonds is 4. The SMILES string of the molecule is OC1CCCCC1Cc1cccc(Oc2ccccc2)c1. The summed E-state index contributed by atoms with van der Waals surface area (Å²) >= 11 is 0. The van der Waals surface area contributed by atoms with Crippen molar-refractivity contribution in [1.82, 2.24) is 0 Å². The van der Waals surface area contributed by atoms with E-state index in [1.807, 2.05) is 42.5 Å². The fourth-order valence-corrected chi connectivity index (χ4v) is 3.09. The predicted octanol–water partition coefficient (Wildman–Crippen LogP) is 4.57. The molecule has 0 aliphatic heterocycles. The summed E-state index contributed by atoms with van der Waals surface area (Å²) in [5.41, 5.74) is 1.24. The van der Waals surface area contributed by atoms with Crippen LogP contribution in [-0.4, -0.2) is 11.2 Å². The van der Waals surface area contributed by atoms with E-state index in [2.05, 4.69) is 12.1 Å². The second kappa shape index (κ2) is 6.77. The Bertz CT molecular complexity index is 565.